The van der Waals surface area contributed by atoms with Gasteiger partial charge in [0, 0.05) is 25.1 Å². The predicted octanol–water partition coefficient (Wildman–Crippen LogP) is 1.94. The molecule has 0 bridgehead atoms. The first kappa shape index (κ1) is 9.85. The Labute approximate surface area is 89.1 Å². The van der Waals surface area contributed by atoms with E-state index in [2.05, 4.69) is 10.8 Å². The highest BCUT2D eigenvalue weighted by atomic mass is 16.4. The van der Waals surface area contributed by atoms with E-state index in [1.165, 1.54) is 0 Å². The molecule has 3 nitrogen and oxygen atoms in total. The number of hydrogen-bond acceptors (Lipinski definition) is 3. The van der Waals surface area contributed by atoms with Crippen molar-refractivity contribution in [3.63, 3.8) is 0 Å². The van der Waals surface area contributed by atoms with Crippen LogP contribution in [0.4, 0.5) is 5.88 Å². The molecule has 15 heavy (non-hydrogen) atoms. The number of terminal acetylenes is 1. The minimum Gasteiger partial charge on any atom is -0.438 e. The molecule has 1 fully saturated rings. The van der Waals surface area contributed by atoms with Gasteiger partial charge in [0.15, 0.2) is 17.9 Å². The minimum atomic E-state index is 0.295. The van der Waals surface area contributed by atoms with Crippen LogP contribution in [0.15, 0.2) is 16.5 Å². The molecule has 1 unspecified atom stereocenters. The highest BCUT2D eigenvalue weighted by Gasteiger charge is 2.20. The van der Waals surface area contributed by atoms with Crippen LogP contribution in [0.3, 0.4) is 0 Å². The first-order valence-electron chi connectivity index (χ1n) is 5.09. The second-order valence-electron chi connectivity index (χ2n) is 3.75. The van der Waals surface area contributed by atoms with E-state index in [0.29, 0.717) is 18.0 Å². The van der Waals surface area contributed by atoms with Gasteiger partial charge in [-0.1, -0.05) is 0 Å². The molecule has 0 amide bonds. The van der Waals surface area contributed by atoms with Crippen molar-refractivity contribution in [3.05, 3.63) is 17.9 Å². The second-order valence-corrected chi connectivity index (χ2v) is 3.75. The van der Waals surface area contributed by atoms with E-state index in [9.17, 15) is 4.79 Å². The molecule has 0 aromatic carbocycles. The van der Waals surface area contributed by atoms with Crippen molar-refractivity contribution >= 4 is 12.2 Å². The molecule has 1 atom stereocenters. The molecular formula is C12H13NO2. The van der Waals surface area contributed by atoms with Gasteiger partial charge in [0.2, 0.25) is 0 Å². The number of carbonyl (C=O) groups is 1. The quantitative estimate of drug-likeness (QED) is 0.544. The molecule has 78 valence electrons. The Balaban J connectivity index is 2.10. The highest BCUT2D eigenvalue weighted by Crippen LogP contribution is 2.24. The molecule has 0 saturated carbocycles. The van der Waals surface area contributed by atoms with Gasteiger partial charge >= 0.3 is 0 Å². The van der Waals surface area contributed by atoms with Crippen LogP contribution < -0.4 is 4.90 Å². The Bertz CT molecular complexity index is 389. The van der Waals surface area contributed by atoms with Crippen LogP contribution in [-0.2, 0) is 0 Å². The molecule has 0 aliphatic carbocycles. The zero-order chi connectivity index (χ0) is 10.7. The molecule has 1 saturated heterocycles. The molecule has 1 aromatic heterocycles. The van der Waals surface area contributed by atoms with Crippen LogP contribution in [0.5, 0.6) is 0 Å². The van der Waals surface area contributed by atoms with Crippen molar-refractivity contribution in [1.29, 1.82) is 0 Å². The maximum Gasteiger partial charge on any atom is 0.196 e. The summed E-state index contributed by atoms with van der Waals surface area (Å²) in [5, 5.41) is 0. The van der Waals surface area contributed by atoms with E-state index in [1.54, 1.807) is 6.07 Å². The average Bonchev–Trinajstić information content (AvgIpc) is 2.78. The van der Waals surface area contributed by atoms with Crippen molar-refractivity contribution in [2.24, 2.45) is 5.92 Å². The Hall–Kier alpha value is -1.69. The van der Waals surface area contributed by atoms with E-state index in [0.717, 1.165) is 31.8 Å². The lowest BCUT2D eigenvalue weighted by Gasteiger charge is -2.29. The predicted molar refractivity (Wildman–Crippen MR) is 57.9 cm³/mol. The average molecular weight is 203 g/mol. The zero-order valence-corrected chi connectivity index (χ0v) is 8.48. The van der Waals surface area contributed by atoms with E-state index in [1.807, 2.05) is 6.07 Å². The van der Waals surface area contributed by atoms with Gasteiger partial charge in [-0.2, -0.15) is 0 Å². The second kappa shape index (κ2) is 4.22. The van der Waals surface area contributed by atoms with E-state index < -0.39 is 0 Å². The highest BCUT2D eigenvalue weighted by molar-refractivity contribution is 5.71. The van der Waals surface area contributed by atoms with Crippen LogP contribution >= 0.6 is 0 Å². The number of piperidine rings is 1. The summed E-state index contributed by atoms with van der Waals surface area (Å²) in [5.74, 6) is 4.18. The summed E-state index contributed by atoms with van der Waals surface area (Å²) in [6.07, 6.45) is 8.28. The van der Waals surface area contributed by atoms with E-state index >= 15 is 0 Å². The summed E-state index contributed by atoms with van der Waals surface area (Å²) >= 11 is 0. The Kier molecular flexibility index (Phi) is 2.77. The standard InChI is InChI=1S/C12H13NO2/c1-2-10-4-3-7-13(8-10)12-6-5-11(9-14)15-12/h1,5-6,9-10H,3-4,7-8H2. The molecule has 0 N–H and O–H groups in total. The van der Waals surface area contributed by atoms with Crippen molar-refractivity contribution in [2.45, 2.75) is 12.8 Å². The lowest BCUT2D eigenvalue weighted by molar-refractivity contribution is 0.110. The van der Waals surface area contributed by atoms with Gasteiger partial charge in [0.1, 0.15) is 0 Å². The molecule has 1 aliphatic heterocycles. The molecule has 1 aromatic rings. The molecule has 1 aliphatic rings. The first-order chi connectivity index (χ1) is 7.33. The van der Waals surface area contributed by atoms with Gasteiger partial charge in [-0.25, -0.2) is 0 Å². The van der Waals surface area contributed by atoms with Gasteiger partial charge < -0.3 is 9.32 Å². The lowest BCUT2D eigenvalue weighted by Crippen LogP contribution is -2.34. The number of anilines is 1. The van der Waals surface area contributed by atoms with Gasteiger partial charge in [0.05, 0.1) is 0 Å². The molecular weight excluding hydrogens is 190 g/mol. The van der Waals surface area contributed by atoms with Gasteiger partial charge in [-0.05, 0) is 18.9 Å². The summed E-state index contributed by atoms with van der Waals surface area (Å²) < 4.78 is 5.35. The number of rotatable bonds is 2. The summed E-state index contributed by atoms with van der Waals surface area (Å²) in [6, 6.07) is 3.50. The first-order valence-corrected chi connectivity index (χ1v) is 5.09. The van der Waals surface area contributed by atoms with E-state index in [-0.39, 0.29) is 0 Å². The van der Waals surface area contributed by atoms with Gasteiger partial charge in [-0.15, -0.1) is 12.3 Å². The van der Waals surface area contributed by atoms with Crippen LogP contribution in [-0.4, -0.2) is 19.4 Å². The number of aldehydes is 1. The fourth-order valence-electron chi connectivity index (χ4n) is 1.89. The van der Waals surface area contributed by atoms with Crippen molar-refractivity contribution < 1.29 is 9.21 Å². The number of hydrogen-bond donors (Lipinski definition) is 0. The fourth-order valence-corrected chi connectivity index (χ4v) is 1.89. The minimum absolute atomic E-state index is 0.295. The van der Waals surface area contributed by atoms with E-state index in [4.69, 9.17) is 10.8 Å². The van der Waals surface area contributed by atoms with Crippen molar-refractivity contribution in [1.82, 2.24) is 0 Å². The van der Waals surface area contributed by atoms with Crippen molar-refractivity contribution in [3.8, 4) is 12.3 Å². The monoisotopic (exact) mass is 203 g/mol. The van der Waals surface area contributed by atoms with Crippen LogP contribution in [0.2, 0.25) is 0 Å². The molecule has 0 spiro atoms. The molecule has 3 heteroatoms. The summed E-state index contributed by atoms with van der Waals surface area (Å²) in [4.78, 5) is 12.6. The maximum absolute atomic E-state index is 10.5. The molecule has 0 radical (unpaired) electrons. The van der Waals surface area contributed by atoms with Crippen molar-refractivity contribution in [2.75, 3.05) is 18.0 Å². The normalized spacial score (nSPS) is 21.0. The largest absolute Gasteiger partial charge is 0.438 e. The third kappa shape index (κ3) is 2.04. The smallest absolute Gasteiger partial charge is 0.196 e. The Morgan fingerprint density at radius 3 is 3.13 bits per heavy atom. The van der Waals surface area contributed by atoms with Crippen LogP contribution in [0.25, 0.3) is 0 Å². The van der Waals surface area contributed by atoms with Crippen LogP contribution in [0, 0.1) is 18.3 Å². The topological polar surface area (TPSA) is 33.5 Å². The van der Waals surface area contributed by atoms with Gasteiger partial charge in [0.25, 0.3) is 0 Å². The SMILES string of the molecule is C#CC1CCCN(c2ccc(C=O)o2)C1. The lowest BCUT2D eigenvalue weighted by atomic mass is 9.99. The Morgan fingerprint density at radius 2 is 2.47 bits per heavy atom. The third-order valence-corrected chi connectivity index (χ3v) is 2.70. The maximum atomic E-state index is 10.5. The number of furan rings is 1. The fraction of sp³-hybridized carbons (Fsp3) is 0.417. The Morgan fingerprint density at radius 1 is 1.60 bits per heavy atom. The van der Waals surface area contributed by atoms with Gasteiger partial charge in [-0.3, -0.25) is 4.79 Å². The van der Waals surface area contributed by atoms with Crippen LogP contribution in [0.1, 0.15) is 23.4 Å². The summed E-state index contributed by atoms with van der Waals surface area (Å²) in [5.41, 5.74) is 0. The summed E-state index contributed by atoms with van der Waals surface area (Å²) in [6.45, 7) is 1.77. The zero-order valence-electron chi connectivity index (χ0n) is 8.48. The number of carbonyl (C=O) groups excluding carboxylic acids is 1. The molecule has 2 rings (SSSR count). The molecule has 2 heterocycles. The number of nitrogens with zero attached hydrogens (tertiary/aromatic N) is 1. The summed E-state index contributed by atoms with van der Waals surface area (Å²) in [7, 11) is 0. The third-order valence-electron chi connectivity index (χ3n) is 2.70.